The van der Waals surface area contributed by atoms with E-state index >= 15 is 4.39 Å². The zero-order chi connectivity index (χ0) is 22.9. The predicted octanol–water partition coefficient (Wildman–Crippen LogP) is 5.82. The summed E-state index contributed by atoms with van der Waals surface area (Å²) >= 11 is 0. The second-order valence-corrected chi connectivity index (χ2v) is 6.70. The topological polar surface area (TPSA) is 40.5 Å². The number of benzene rings is 2. The molecule has 2 atom stereocenters. The molecular formula is C18H10F10O2. The van der Waals surface area contributed by atoms with Gasteiger partial charge in [0.1, 0.15) is 11.5 Å². The zero-order valence-electron chi connectivity index (χ0n) is 14.3. The van der Waals surface area contributed by atoms with E-state index in [-0.39, 0.29) is 6.07 Å². The maximum atomic E-state index is 15.4. The van der Waals surface area contributed by atoms with Crippen molar-refractivity contribution in [2.75, 3.05) is 0 Å². The fourth-order valence-corrected chi connectivity index (χ4v) is 3.24. The van der Waals surface area contributed by atoms with E-state index < -0.39 is 63.7 Å². The molecule has 0 spiro atoms. The summed E-state index contributed by atoms with van der Waals surface area (Å²) in [4.78, 5) is 0. The van der Waals surface area contributed by atoms with Crippen LogP contribution in [0, 0.1) is 0 Å². The van der Waals surface area contributed by atoms with Gasteiger partial charge in [-0.1, -0.05) is 18.2 Å². The van der Waals surface area contributed by atoms with Crippen LogP contribution in [0.25, 0.3) is 11.1 Å². The fourth-order valence-electron chi connectivity index (χ4n) is 3.24. The van der Waals surface area contributed by atoms with Crippen molar-refractivity contribution >= 4 is 0 Å². The number of phenolic OH excluding ortho intramolecular Hbond substituents is 2. The van der Waals surface area contributed by atoms with E-state index in [1.807, 2.05) is 0 Å². The molecule has 2 nitrogen and oxygen atoms in total. The van der Waals surface area contributed by atoms with Crippen LogP contribution in [0.1, 0.15) is 5.56 Å². The third-order valence-electron chi connectivity index (χ3n) is 4.91. The van der Waals surface area contributed by atoms with Gasteiger partial charge in [-0.05, 0) is 35.4 Å². The molecule has 1 fully saturated rings. The first-order chi connectivity index (χ1) is 13.5. The van der Waals surface area contributed by atoms with Crippen LogP contribution < -0.4 is 0 Å². The van der Waals surface area contributed by atoms with Crippen molar-refractivity contribution in [1.29, 1.82) is 0 Å². The Morgan fingerprint density at radius 2 is 1.13 bits per heavy atom. The Morgan fingerprint density at radius 3 is 1.67 bits per heavy atom. The van der Waals surface area contributed by atoms with Gasteiger partial charge in [-0.15, -0.1) is 0 Å². The highest BCUT2D eigenvalue weighted by Crippen LogP contribution is 2.68. The Balaban J connectivity index is 2.38. The third kappa shape index (κ3) is 2.45. The third-order valence-corrected chi connectivity index (χ3v) is 4.91. The number of alkyl halides is 10. The van der Waals surface area contributed by atoms with Gasteiger partial charge in [-0.2, -0.15) is 35.1 Å². The number of rotatable bonds is 2. The van der Waals surface area contributed by atoms with Crippen LogP contribution >= 0.6 is 0 Å². The summed E-state index contributed by atoms with van der Waals surface area (Å²) in [6, 6.07) is 4.57. The zero-order valence-corrected chi connectivity index (χ0v) is 14.3. The smallest absolute Gasteiger partial charge is 0.382 e. The van der Waals surface area contributed by atoms with Crippen LogP contribution in [0.15, 0.2) is 42.5 Å². The van der Waals surface area contributed by atoms with Gasteiger partial charge in [0, 0.05) is 5.56 Å². The van der Waals surface area contributed by atoms with Crippen molar-refractivity contribution in [2.24, 2.45) is 0 Å². The second-order valence-electron chi connectivity index (χ2n) is 6.70. The maximum absolute atomic E-state index is 15.4. The molecule has 30 heavy (non-hydrogen) atoms. The normalized spacial score (nSPS) is 28.8. The van der Waals surface area contributed by atoms with E-state index in [0.29, 0.717) is 12.1 Å². The van der Waals surface area contributed by atoms with Crippen LogP contribution in [0.4, 0.5) is 43.9 Å². The van der Waals surface area contributed by atoms with Gasteiger partial charge >= 0.3 is 23.7 Å². The lowest BCUT2D eigenvalue weighted by Crippen LogP contribution is -2.78. The van der Waals surface area contributed by atoms with Crippen molar-refractivity contribution < 1.29 is 54.1 Å². The summed E-state index contributed by atoms with van der Waals surface area (Å²) in [5.41, 5.74) is -8.81. The second kappa shape index (κ2) is 6.17. The monoisotopic (exact) mass is 448 g/mol. The molecule has 12 heteroatoms. The predicted molar refractivity (Wildman–Crippen MR) is 82.7 cm³/mol. The maximum Gasteiger partial charge on any atom is 0.382 e. The average molecular weight is 448 g/mol. The first-order valence-electron chi connectivity index (χ1n) is 8.00. The molecule has 2 unspecified atom stereocenters. The molecule has 0 saturated heterocycles. The number of hydrogen-bond donors (Lipinski definition) is 2. The summed E-state index contributed by atoms with van der Waals surface area (Å²) < 4.78 is 141. The lowest BCUT2D eigenvalue weighted by Gasteiger charge is -2.50. The molecule has 164 valence electrons. The fraction of sp³-hybridized carbons (Fsp3) is 0.333. The standard InChI is InChI=1S/C18H10F10O2/c19-13-14(20,16(23,24)18(27,28)17(25,26)15(13,21)22)12-6-5-10(30)7-11(12)8-1-3-9(29)4-2-8/h1-7,13,29-30H. The van der Waals surface area contributed by atoms with Crippen LogP contribution in [0.5, 0.6) is 11.5 Å². The Kier molecular flexibility index (Phi) is 4.53. The summed E-state index contributed by atoms with van der Waals surface area (Å²) in [7, 11) is 0. The quantitative estimate of drug-likeness (QED) is 0.569. The highest BCUT2D eigenvalue weighted by Gasteiger charge is 2.95. The molecule has 2 aromatic rings. The molecule has 0 aliphatic heterocycles. The van der Waals surface area contributed by atoms with Gasteiger partial charge in [0.25, 0.3) is 0 Å². The van der Waals surface area contributed by atoms with Gasteiger partial charge in [0.2, 0.25) is 11.8 Å². The Hall–Kier alpha value is -2.66. The van der Waals surface area contributed by atoms with E-state index in [0.717, 1.165) is 24.3 Å². The van der Waals surface area contributed by atoms with E-state index in [2.05, 4.69) is 0 Å². The van der Waals surface area contributed by atoms with E-state index in [9.17, 15) is 49.7 Å². The van der Waals surface area contributed by atoms with Gasteiger partial charge < -0.3 is 10.2 Å². The Labute approximate surface area is 161 Å². The molecule has 1 aliphatic rings. The minimum absolute atomic E-state index is 0.119. The lowest BCUT2D eigenvalue weighted by molar-refractivity contribution is -0.445. The van der Waals surface area contributed by atoms with Crippen LogP contribution in [-0.2, 0) is 5.67 Å². The summed E-state index contributed by atoms with van der Waals surface area (Å²) in [6.45, 7) is 0. The number of phenols is 2. The van der Waals surface area contributed by atoms with Crippen molar-refractivity contribution in [2.45, 2.75) is 35.5 Å². The molecule has 3 rings (SSSR count). The number of halogens is 10. The summed E-state index contributed by atoms with van der Waals surface area (Å²) in [5.74, 6) is -28.2. The first-order valence-corrected chi connectivity index (χ1v) is 8.00. The average Bonchev–Trinajstić information content (AvgIpc) is 2.65. The molecule has 0 aromatic heterocycles. The van der Waals surface area contributed by atoms with E-state index in [1.54, 1.807) is 0 Å². The molecule has 0 bridgehead atoms. The van der Waals surface area contributed by atoms with Crippen molar-refractivity contribution in [3.8, 4) is 22.6 Å². The van der Waals surface area contributed by atoms with E-state index in [1.165, 1.54) is 0 Å². The van der Waals surface area contributed by atoms with Gasteiger partial charge in [0.05, 0.1) is 0 Å². The molecule has 1 saturated carbocycles. The Morgan fingerprint density at radius 1 is 0.633 bits per heavy atom. The van der Waals surface area contributed by atoms with Crippen molar-refractivity contribution in [3.63, 3.8) is 0 Å². The van der Waals surface area contributed by atoms with Crippen LogP contribution in [-0.4, -0.2) is 40.1 Å². The van der Waals surface area contributed by atoms with Gasteiger partial charge in [0.15, 0.2) is 0 Å². The van der Waals surface area contributed by atoms with Gasteiger partial charge in [-0.25, -0.2) is 8.78 Å². The van der Waals surface area contributed by atoms with Crippen LogP contribution in [0.2, 0.25) is 0 Å². The Bertz CT molecular complexity index is 973. The SMILES string of the molecule is Oc1ccc(-c2cc(O)ccc2C2(F)C(F)C(F)(F)C(F)(F)C(F)(F)C2(F)F)cc1. The van der Waals surface area contributed by atoms with Crippen LogP contribution in [0.3, 0.4) is 0 Å². The summed E-state index contributed by atoms with van der Waals surface area (Å²) in [5, 5.41) is 18.8. The highest BCUT2D eigenvalue weighted by molar-refractivity contribution is 5.71. The molecule has 1 aliphatic carbocycles. The minimum atomic E-state index is -6.98. The number of hydrogen-bond acceptors (Lipinski definition) is 2. The van der Waals surface area contributed by atoms with Gasteiger partial charge in [-0.3, -0.25) is 0 Å². The molecule has 0 heterocycles. The molecule has 0 radical (unpaired) electrons. The summed E-state index contributed by atoms with van der Waals surface area (Å²) in [6.07, 6.45) is -5.09. The number of aromatic hydroxyl groups is 2. The molecule has 2 N–H and O–H groups in total. The van der Waals surface area contributed by atoms with Crippen molar-refractivity contribution in [1.82, 2.24) is 0 Å². The molecular weight excluding hydrogens is 438 g/mol. The minimum Gasteiger partial charge on any atom is -0.508 e. The largest absolute Gasteiger partial charge is 0.508 e. The lowest BCUT2D eigenvalue weighted by atomic mass is 9.69. The molecule has 0 amide bonds. The molecule has 2 aromatic carbocycles. The van der Waals surface area contributed by atoms with E-state index in [4.69, 9.17) is 0 Å². The first kappa shape index (κ1) is 22.0. The van der Waals surface area contributed by atoms with Crippen molar-refractivity contribution in [3.05, 3.63) is 48.0 Å². The highest BCUT2D eigenvalue weighted by atomic mass is 19.4.